The molecule has 0 fully saturated rings. The first-order chi connectivity index (χ1) is 9.84. The standard InChI is InChI=1S/C14H14INO4S/c1-11-7-9-12(10-8-11)21(19,20)16(2)14-6-4-3-5-13(14)15(17)18/h3-10H,1-2H3. The molecule has 0 aliphatic carbocycles. The van der Waals surface area contributed by atoms with Crippen molar-refractivity contribution in [2.45, 2.75) is 11.8 Å². The second kappa shape index (κ2) is 6.10. The summed E-state index contributed by atoms with van der Waals surface area (Å²) in [5.74, 6) is 0. The Labute approximate surface area is 130 Å². The van der Waals surface area contributed by atoms with Crippen LogP contribution in [0.15, 0.2) is 53.4 Å². The molecule has 5 nitrogen and oxygen atoms in total. The number of nitrogens with zero attached hydrogens (tertiary/aromatic N) is 1. The van der Waals surface area contributed by atoms with Gasteiger partial charge in [0.25, 0.3) is 10.0 Å². The van der Waals surface area contributed by atoms with Crippen LogP contribution in [0.1, 0.15) is 5.56 Å². The van der Waals surface area contributed by atoms with Crippen LogP contribution in [0.3, 0.4) is 0 Å². The number of hydrogen-bond acceptors (Lipinski definition) is 4. The molecule has 7 heteroatoms. The molecular weight excluding hydrogens is 405 g/mol. The zero-order chi connectivity index (χ0) is 15.6. The van der Waals surface area contributed by atoms with E-state index in [1.165, 1.54) is 31.3 Å². The van der Waals surface area contributed by atoms with Gasteiger partial charge in [-0.1, -0.05) is 29.8 Å². The Hall–Kier alpha value is -1.48. The number of para-hydroxylation sites is 1. The Balaban J connectivity index is 2.53. The van der Waals surface area contributed by atoms with Gasteiger partial charge in [-0.05, 0) is 31.2 Å². The number of halogens is 1. The molecule has 0 aliphatic heterocycles. The van der Waals surface area contributed by atoms with E-state index in [0.29, 0.717) is 0 Å². The van der Waals surface area contributed by atoms with Crippen LogP contribution < -0.4 is 4.31 Å². The zero-order valence-electron chi connectivity index (χ0n) is 11.5. The molecule has 21 heavy (non-hydrogen) atoms. The summed E-state index contributed by atoms with van der Waals surface area (Å²) in [6.45, 7) is 1.86. The van der Waals surface area contributed by atoms with Crippen molar-refractivity contribution >= 4 is 35.5 Å². The van der Waals surface area contributed by atoms with E-state index < -0.39 is 29.8 Å². The average Bonchev–Trinajstić information content (AvgIpc) is 2.46. The van der Waals surface area contributed by atoms with E-state index in [2.05, 4.69) is 0 Å². The predicted molar refractivity (Wildman–Crippen MR) is 87.3 cm³/mol. The first-order valence-electron chi connectivity index (χ1n) is 6.04. The highest BCUT2D eigenvalue weighted by Gasteiger charge is 2.24. The molecule has 0 N–H and O–H groups in total. The van der Waals surface area contributed by atoms with Gasteiger partial charge in [-0.15, -0.1) is 0 Å². The number of aryl methyl sites for hydroxylation is 1. The third-order valence-corrected chi connectivity index (χ3v) is 6.68. The van der Waals surface area contributed by atoms with Gasteiger partial charge >= 0.3 is 19.8 Å². The van der Waals surface area contributed by atoms with Crippen molar-refractivity contribution in [1.29, 1.82) is 0 Å². The van der Waals surface area contributed by atoms with Crippen molar-refractivity contribution in [3.8, 4) is 0 Å². The maximum absolute atomic E-state index is 12.6. The number of hydrogen-bond donors (Lipinski definition) is 0. The van der Waals surface area contributed by atoms with Crippen LogP contribution in [0.4, 0.5) is 5.69 Å². The lowest BCUT2D eigenvalue weighted by molar-refractivity contribution is 0.594. The summed E-state index contributed by atoms with van der Waals surface area (Å²) in [6, 6.07) is 12.5. The highest BCUT2D eigenvalue weighted by Crippen LogP contribution is 2.31. The van der Waals surface area contributed by atoms with Gasteiger partial charge in [0.15, 0.2) is 0 Å². The Bertz CT molecular complexity index is 818. The summed E-state index contributed by atoms with van der Waals surface area (Å²) in [4.78, 5) is 0.127. The van der Waals surface area contributed by atoms with Crippen molar-refractivity contribution in [3.05, 3.63) is 57.7 Å². The Morgan fingerprint density at radius 1 is 0.952 bits per heavy atom. The molecule has 2 rings (SSSR count). The van der Waals surface area contributed by atoms with Crippen LogP contribution >= 0.6 is 19.8 Å². The lowest BCUT2D eigenvalue weighted by Gasteiger charge is -2.20. The van der Waals surface area contributed by atoms with Crippen LogP contribution in [0.2, 0.25) is 0 Å². The van der Waals surface area contributed by atoms with Crippen LogP contribution in [0.25, 0.3) is 0 Å². The fraction of sp³-hybridized carbons (Fsp3) is 0.143. The monoisotopic (exact) mass is 419 g/mol. The molecule has 0 heterocycles. The number of anilines is 1. The fourth-order valence-electron chi connectivity index (χ4n) is 1.84. The minimum atomic E-state index is -3.78. The highest BCUT2D eigenvalue weighted by molar-refractivity contribution is 14.2. The average molecular weight is 419 g/mol. The fourth-order valence-corrected chi connectivity index (χ4v) is 4.71. The van der Waals surface area contributed by atoms with Crippen LogP contribution in [0.5, 0.6) is 0 Å². The van der Waals surface area contributed by atoms with Gasteiger partial charge in [-0.25, -0.2) is 14.6 Å². The second-order valence-corrected chi connectivity index (χ2v) is 8.83. The third kappa shape index (κ3) is 3.24. The van der Waals surface area contributed by atoms with Crippen molar-refractivity contribution in [3.63, 3.8) is 0 Å². The maximum atomic E-state index is 12.6. The Morgan fingerprint density at radius 2 is 1.52 bits per heavy atom. The summed E-state index contributed by atoms with van der Waals surface area (Å²) < 4.78 is 48.9. The van der Waals surface area contributed by atoms with E-state index in [-0.39, 0.29) is 14.2 Å². The quantitative estimate of drug-likeness (QED) is 0.714. The molecule has 0 saturated carbocycles. The molecular formula is C14H14INO4S. The molecule has 0 atom stereocenters. The first kappa shape index (κ1) is 15.9. The minimum absolute atomic E-state index is 0.0693. The normalized spacial score (nSPS) is 11.6. The van der Waals surface area contributed by atoms with Crippen LogP contribution in [0, 0.1) is 10.5 Å². The lowest BCUT2D eigenvalue weighted by atomic mass is 10.2. The predicted octanol–water partition coefficient (Wildman–Crippen LogP) is 3.19. The van der Waals surface area contributed by atoms with E-state index in [0.717, 1.165) is 9.87 Å². The molecule has 2 aromatic rings. The van der Waals surface area contributed by atoms with E-state index >= 15 is 0 Å². The minimum Gasteiger partial charge on any atom is -0.268 e. The largest absolute Gasteiger partial charge is 0.342 e. The molecule has 0 aliphatic rings. The van der Waals surface area contributed by atoms with E-state index in [9.17, 15) is 14.6 Å². The smallest absolute Gasteiger partial charge is 0.268 e. The van der Waals surface area contributed by atoms with Gasteiger partial charge < -0.3 is 0 Å². The van der Waals surface area contributed by atoms with Gasteiger partial charge in [0.1, 0.15) is 3.57 Å². The SMILES string of the molecule is Cc1ccc(S(=O)(=O)N(C)c2ccccc2I(=O)=O)cc1. The van der Waals surface area contributed by atoms with E-state index in [4.69, 9.17) is 0 Å². The van der Waals surface area contributed by atoms with Crippen molar-refractivity contribution in [2.75, 3.05) is 11.4 Å². The lowest BCUT2D eigenvalue weighted by Crippen LogP contribution is -2.27. The van der Waals surface area contributed by atoms with Gasteiger partial charge in [-0.3, -0.25) is 4.31 Å². The van der Waals surface area contributed by atoms with E-state index in [1.54, 1.807) is 24.3 Å². The summed E-state index contributed by atoms with van der Waals surface area (Å²) >= 11 is -3.78. The molecule has 2 aromatic carbocycles. The Kier molecular flexibility index (Phi) is 4.62. The van der Waals surface area contributed by atoms with Gasteiger partial charge in [0, 0.05) is 7.05 Å². The number of benzene rings is 2. The molecule has 0 saturated heterocycles. The third-order valence-electron chi connectivity index (χ3n) is 3.04. The topological polar surface area (TPSA) is 71.5 Å². The van der Waals surface area contributed by atoms with Crippen molar-refractivity contribution in [1.82, 2.24) is 0 Å². The summed E-state index contributed by atoms with van der Waals surface area (Å²) in [5, 5.41) is 0. The second-order valence-electron chi connectivity index (χ2n) is 4.45. The van der Waals surface area contributed by atoms with Crippen LogP contribution in [-0.4, -0.2) is 15.5 Å². The van der Waals surface area contributed by atoms with Gasteiger partial charge in [0.2, 0.25) is 0 Å². The zero-order valence-corrected chi connectivity index (χ0v) is 14.5. The molecule has 112 valence electrons. The van der Waals surface area contributed by atoms with Crippen LogP contribution in [-0.2, 0) is 16.2 Å². The molecule has 0 amide bonds. The van der Waals surface area contributed by atoms with Gasteiger partial charge in [0.05, 0.1) is 10.6 Å². The molecule has 0 unspecified atom stereocenters. The number of rotatable bonds is 4. The number of sulfonamides is 1. The van der Waals surface area contributed by atoms with Gasteiger partial charge in [-0.2, -0.15) is 0 Å². The molecule has 0 bridgehead atoms. The van der Waals surface area contributed by atoms with Crippen molar-refractivity contribution < 1.29 is 14.6 Å². The maximum Gasteiger partial charge on any atom is 0.342 e. The highest BCUT2D eigenvalue weighted by atomic mass is 127. The summed E-state index contributed by atoms with van der Waals surface area (Å²) in [5.41, 5.74) is 1.12. The molecule has 0 radical (unpaired) electrons. The molecule has 0 aromatic heterocycles. The summed E-state index contributed by atoms with van der Waals surface area (Å²) in [6.07, 6.45) is 0. The van der Waals surface area contributed by atoms with Crippen molar-refractivity contribution in [2.24, 2.45) is 0 Å². The summed E-state index contributed by atoms with van der Waals surface area (Å²) in [7, 11) is -2.43. The van der Waals surface area contributed by atoms with E-state index in [1.807, 2.05) is 6.92 Å². The Morgan fingerprint density at radius 3 is 2.10 bits per heavy atom. The first-order valence-corrected chi connectivity index (χ1v) is 10.3. The molecule has 0 spiro atoms.